The van der Waals surface area contributed by atoms with Crippen molar-refractivity contribution in [1.29, 1.82) is 0 Å². The number of aromatic nitrogens is 4. The van der Waals surface area contributed by atoms with Gasteiger partial charge in [-0.3, -0.25) is 4.79 Å². The van der Waals surface area contributed by atoms with Crippen LogP contribution in [-0.4, -0.2) is 58.4 Å². The van der Waals surface area contributed by atoms with E-state index < -0.39 is 0 Å². The zero-order valence-corrected chi connectivity index (χ0v) is 12.2. The Hall–Kier alpha value is -2.06. The average Bonchev–Trinajstić information content (AvgIpc) is 3.16. The molecular weight excluding hydrogens is 286 g/mol. The van der Waals surface area contributed by atoms with Crippen molar-refractivity contribution in [2.24, 2.45) is 11.8 Å². The molecule has 2 fully saturated rings. The second kappa shape index (κ2) is 5.29. The second-order valence-electron chi connectivity index (χ2n) is 5.80. The summed E-state index contributed by atoms with van der Waals surface area (Å²) in [7, 11) is 1.67. The molecule has 0 bridgehead atoms. The number of nitrogens with one attached hydrogen (secondary N) is 1. The molecule has 1 N–H and O–H groups in total. The number of fused-ring (bicyclic) bond motifs is 2. The van der Waals surface area contributed by atoms with E-state index in [-0.39, 0.29) is 24.0 Å². The van der Waals surface area contributed by atoms with Crippen LogP contribution in [0.5, 0.6) is 0 Å². The predicted octanol–water partition coefficient (Wildman–Crippen LogP) is -0.0960. The number of pyridine rings is 1. The molecule has 1 saturated carbocycles. The Kier molecular flexibility index (Phi) is 3.27. The first-order valence-electron chi connectivity index (χ1n) is 7.37. The lowest BCUT2D eigenvalue weighted by Crippen LogP contribution is -2.62. The van der Waals surface area contributed by atoms with Gasteiger partial charge < -0.3 is 14.8 Å². The van der Waals surface area contributed by atoms with Crippen molar-refractivity contribution in [2.75, 3.05) is 20.3 Å². The van der Waals surface area contributed by atoms with Gasteiger partial charge in [-0.2, -0.15) is 0 Å². The highest BCUT2D eigenvalue weighted by Crippen LogP contribution is 2.43. The number of carbonyl (C=O) groups excluding carboxylic acids is 1. The molecule has 8 nitrogen and oxygen atoms in total. The van der Waals surface area contributed by atoms with Gasteiger partial charge in [-0.15, -0.1) is 5.10 Å². The van der Waals surface area contributed by atoms with Gasteiger partial charge in [-0.25, -0.2) is 4.52 Å². The maximum Gasteiger partial charge on any atom is 0.251 e. The Balaban J connectivity index is 1.50. The maximum absolute atomic E-state index is 12.5. The molecule has 3 heterocycles. The van der Waals surface area contributed by atoms with Crippen LogP contribution in [0.3, 0.4) is 0 Å². The molecule has 22 heavy (non-hydrogen) atoms. The number of nitrogens with zero attached hydrogens (tertiary/aromatic N) is 4. The van der Waals surface area contributed by atoms with Crippen molar-refractivity contribution in [3.05, 3.63) is 23.9 Å². The summed E-state index contributed by atoms with van der Waals surface area (Å²) < 4.78 is 12.5. The van der Waals surface area contributed by atoms with E-state index in [4.69, 9.17) is 9.47 Å². The zero-order valence-electron chi connectivity index (χ0n) is 12.2. The molecule has 0 spiro atoms. The van der Waals surface area contributed by atoms with Crippen molar-refractivity contribution < 1.29 is 14.3 Å². The smallest absolute Gasteiger partial charge is 0.251 e. The Morgan fingerprint density at radius 2 is 2.50 bits per heavy atom. The molecular formula is C14H17N5O3. The Morgan fingerprint density at radius 1 is 1.59 bits per heavy atom. The molecule has 4 rings (SSSR count). The minimum atomic E-state index is -0.109. The molecule has 116 valence electrons. The van der Waals surface area contributed by atoms with Gasteiger partial charge >= 0.3 is 0 Å². The summed E-state index contributed by atoms with van der Waals surface area (Å²) >= 11 is 0. The van der Waals surface area contributed by atoms with Crippen LogP contribution in [0.2, 0.25) is 0 Å². The van der Waals surface area contributed by atoms with Crippen LogP contribution in [0.25, 0.3) is 5.65 Å². The van der Waals surface area contributed by atoms with Gasteiger partial charge in [0.1, 0.15) is 0 Å². The molecule has 0 radical (unpaired) electrons. The third-order valence-electron chi connectivity index (χ3n) is 4.65. The topological polar surface area (TPSA) is 90.6 Å². The van der Waals surface area contributed by atoms with Gasteiger partial charge in [-0.1, -0.05) is 0 Å². The molecule has 0 aromatic carbocycles. The van der Waals surface area contributed by atoms with E-state index in [0.717, 1.165) is 13.0 Å². The first-order valence-corrected chi connectivity index (χ1v) is 7.37. The largest absolute Gasteiger partial charge is 0.384 e. The molecule has 0 unspecified atom stereocenters. The van der Waals surface area contributed by atoms with Crippen molar-refractivity contribution in [3.8, 4) is 0 Å². The SMILES string of the molecule is COC[C@@H]1[C@H](NC(=O)c2ccn3nnnc3c2)[C@@H]2CCO[C@H]12. The Labute approximate surface area is 126 Å². The van der Waals surface area contributed by atoms with Crippen molar-refractivity contribution in [1.82, 2.24) is 25.4 Å². The lowest BCUT2D eigenvalue weighted by Gasteiger charge is -2.47. The first-order chi connectivity index (χ1) is 10.8. The number of carbonyl (C=O) groups is 1. The van der Waals surface area contributed by atoms with Crippen LogP contribution in [0.4, 0.5) is 0 Å². The summed E-state index contributed by atoms with van der Waals surface area (Å²) in [5.41, 5.74) is 1.11. The third kappa shape index (κ3) is 2.06. The number of tetrazole rings is 1. The van der Waals surface area contributed by atoms with Crippen LogP contribution >= 0.6 is 0 Å². The normalized spacial score (nSPS) is 30.0. The second-order valence-corrected chi connectivity index (χ2v) is 5.80. The predicted molar refractivity (Wildman–Crippen MR) is 75.2 cm³/mol. The van der Waals surface area contributed by atoms with E-state index in [0.29, 0.717) is 23.7 Å². The van der Waals surface area contributed by atoms with Crippen molar-refractivity contribution >= 4 is 11.6 Å². The fourth-order valence-corrected chi connectivity index (χ4v) is 3.55. The van der Waals surface area contributed by atoms with Crippen LogP contribution in [0.1, 0.15) is 16.8 Å². The number of hydrogen-bond donors (Lipinski definition) is 1. The number of ether oxygens (including phenoxy) is 2. The van der Waals surface area contributed by atoms with E-state index >= 15 is 0 Å². The molecule has 2 aliphatic rings. The van der Waals surface area contributed by atoms with Gasteiger partial charge in [0.2, 0.25) is 0 Å². The summed E-state index contributed by atoms with van der Waals surface area (Å²) in [6.45, 7) is 1.36. The number of hydrogen-bond acceptors (Lipinski definition) is 6. The van der Waals surface area contributed by atoms with Crippen LogP contribution < -0.4 is 5.32 Å². The Bertz CT molecular complexity index is 703. The maximum atomic E-state index is 12.5. The number of amides is 1. The summed E-state index contributed by atoms with van der Waals surface area (Å²) in [6.07, 6.45) is 2.88. The van der Waals surface area contributed by atoms with E-state index in [1.807, 2.05) is 0 Å². The molecule has 1 amide bonds. The number of rotatable bonds is 4. The lowest BCUT2D eigenvalue weighted by atomic mass is 9.67. The number of methoxy groups -OCH3 is 1. The van der Waals surface area contributed by atoms with E-state index in [2.05, 4.69) is 20.8 Å². The molecule has 1 aliphatic heterocycles. The minimum Gasteiger partial charge on any atom is -0.384 e. The summed E-state index contributed by atoms with van der Waals surface area (Å²) in [4.78, 5) is 12.5. The van der Waals surface area contributed by atoms with E-state index in [9.17, 15) is 4.79 Å². The fraction of sp³-hybridized carbons (Fsp3) is 0.571. The highest BCUT2D eigenvalue weighted by atomic mass is 16.5. The quantitative estimate of drug-likeness (QED) is 0.848. The summed E-state index contributed by atoms with van der Waals surface area (Å²) in [5.74, 6) is 0.504. The van der Waals surface area contributed by atoms with E-state index in [1.165, 1.54) is 4.52 Å². The monoisotopic (exact) mass is 303 g/mol. The third-order valence-corrected chi connectivity index (χ3v) is 4.65. The minimum absolute atomic E-state index is 0.104. The van der Waals surface area contributed by atoms with Gasteiger partial charge in [0.15, 0.2) is 5.65 Å². The van der Waals surface area contributed by atoms with Gasteiger partial charge in [0.05, 0.1) is 12.7 Å². The van der Waals surface area contributed by atoms with Crippen LogP contribution in [0.15, 0.2) is 18.3 Å². The van der Waals surface area contributed by atoms with Crippen molar-refractivity contribution in [3.63, 3.8) is 0 Å². The highest BCUT2D eigenvalue weighted by molar-refractivity contribution is 5.95. The first kappa shape index (κ1) is 13.6. The highest BCUT2D eigenvalue weighted by Gasteiger charge is 2.54. The molecule has 8 heteroatoms. The molecule has 2 aromatic heterocycles. The molecule has 1 aliphatic carbocycles. The zero-order chi connectivity index (χ0) is 15.1. The molecule has 1 saturated heterocycles. The average molecular weight is 303 g/mol. The molecule has 2 aromatic rings. The van der Waals surface area contributed by atoms with Gasteiger partial charge in [0, 0.05) is 43.4 Å². The van der Waals surface area contributed by atoms with Crippen LogP contribution in [0, 0.1) is 11.8 Å². The summed E-state index contributed by atoms with van der Waals surface area (Å²) in [5, 5.41) is 14.3. The van der Waals surface area contributed by atoms with Crippen LogP contribution in [-0.2, 0) is 9.47 Å². The molecule has 4 atom stereocenters. The van der Waals surface area contributed by atoms with Gasteiger partial charge in [-0.05, 0) is 29.0 Å². The van der Waals surface area contributed by atoms with Crippen molar-refractivity contribution in [2.45, 2.75) is 18.6 Å². The van der Waals surface area contributed by atoms with Gasteiger partial charge in [0.25, 0.3) is 5.91 Å². The standard InChI is InChI=1S/C14H17N5O3/c1-21-7-10-12(9-3-5-22-13(9)10)15-14(20)8-2-4-19-11(6-8)16-17-18-19/h2,4,6,9-10,12-13H,3,5,7H2,1H3,(H,15,20)/t9-,10+,12+,13-/m0/s1. The van der Waals surface area contributed by atoms with E-state index in [1.54, 1.807) is 25.4 Å². The fourth-order valence-electron chi connectivity index (χ4n) is 3.55. The lowest BCUT2D eigenvalue weighted by molar-refractivity contribution is -0.0809. The summed E-state index contributed by atoms with van der Waals surface area (Å²) in [6, 6.07) is 3.50. The Morgan fingerprint density at radius 3 is 3.36 bits per heavy atom.